The van der Waals surface area contributed by atoms with E-state index in [1.54, 1.807) is 0 Å². The number of hydrogen-bond acceptors (Lipinski definition) is 9. The van der Waals surface area contributed by atoms with Crippen LogP contribution in [0.2, 0.25) is 5.02 Å². The highest BCUT2D eigenvalue weighted by atomic mass is 35.5. The Labute approximate surface area is 353 Å². The number of halogens is 7. The molecule has 1 amide bonds. The highest BCUT2D eigenvalue weighted by Crippen LogP contribution is 2.68. The van der Waals surface area contributed by atoms with Gasteiger partial charge in [-0.3, -0.25) is 28.2 Å². The van der Waals surface area contributed by atoms with Gasteiger partial charge < -0.3 is 5.32 Å². The first-order valence-corrected chi connectivity index (χ1v) is 22.9. The summed E-state index contributed by atoms with van der Waals surface area (Å²) < 4.78 is 143. The van der Waals surface area contributed by atoms with Crippen molar-refractivity contribution in [1.29, 1.82) is 0 Å². The molecule has 1 unspecified atom stereocenters. The van der Waals surface area contributed by atoms with Gasteiger partial charge in [-0.15, -0.1) is 0 Å². The number of benzene rings is 3. The Hall–Kier alpha value is -5.48. The van der Waals surface area contributed by atoms with Crippen LogP contribution in [0.4, 0.5) is 32.2 Å². The van der Waals surface area contributed by atoms with Crippen molar-refractivity contribution in [2.75, 3.05) is 17.2 Å². The molecule has 0 saturated heterocycles. The predicted molar refractivity (Wildman–Crippen MR) is 216 cm³/mol. The molecule has 6 aromatic rings. The summed E-state index contributed by atoms with van der Waals surface area (Å²) in [4.78, 5) is 33.8. The molecule has 23 heteroatoms. The fraction of sp³-hybridized carbons (Fsp3) is 0.359. The second-order valence-electron chi connectivity index (χ2n) is 16.0. The molecule has 14 nitrogen and oxygen atoms in total. The first-order valence-electron chi connectivity index (χ1n) is 18.7. The number of sulfonamides is 1. The molecule has 8 rings (SSSR count). The summed E-state index contributed by atoms with van der Waals surface area (Å²) in [6, 6.07) is 7.63. The number of aryl methyl sites for hydroxylation is 1. The molecule has 328 valence electrons. The molecule has 0 spiro atoms. The number of nitrogens with zero attached hydrogens (tertiary/aromatic N) is 6. The lowest BCUT2D eigenvalue weighted by atomic mass is 10.00. The lowest BCUT2D eigenvalue weighted by Crippen LogP contribution is -2.38. The number of hydrogen-bond donors (Lipinski definition) is 2. The van der Waals surface area contributed by atoms with Crippen molar-refractivity contribution in [3.63, 3.8) is 0 Å². The smallest absolute Gasteiger partial charge is 0.293 e. The SMILES string of the molecule is Cn1nc(NS(C)(=O)=O)c2c(Cl)ccc(-n3c(C(Cc4cc(F)cc(F)c4)NC(=O)Cn4nc(C(F)F)c5c4C(F)(F)[C@@H]4C[C@H]54)nc4cc(C(C)(C)S(C)(=O)=O)ccc4c3=O)c21. The van der Waals surface area contributed by atoms with E-state index >= 15 is 8.78 Å². The zero-order valence-electron chi connectivity index (χ0n) is 33.1. The Bertz CT molecular complexity index is 3170. The van der Waals surface area contributed by atoms with Crippen LogP contribution >= 0.6 is 11.6 Å². The molecular formula is C39H35ClF6N8O6S2. The minimum Gasteiger partial charge on any atom is -0.344 e. The van der Waals surface area contributed by atoms with Gasteiger partial charge in [-0.2, -0.15) is 19.0 Å². The van der Waals surface area contributed by atoms with E-state index in [0.29, 0.717) is 10.7 Å². The molecule has 3 aromatic heterocycles. The van der Waals surface area contributed by atoms with Crippen LogP contribution in [0.25, 0.3) is 27.5 Å². The van der Waals surface area contributed by atoms with Crippen molar-refractivity contribution in [2.24, 2.45) is 13.0 Å². The average molecular weight is 925 g/mol. The third-order valence-corrected chi connectivity index (χ3v) is 14.4. The van der Waals surface area contributed by atoms with Crippen molar-refractivity contribution < 1.29 is 48.0 Å². The van der Waals surface area contributed by atoms with Gasteiger partial charge in [-0.1, -0.05) is 17.7 Å². The van der Waals surface area contributed by atoms with E-state index in [2.05, 4.69) is 20.2 Å². The number of sulfone groups is 1. The van der Waals surface area contributed by atoms with Crippen LogP contribution in [0, 0.1) is 17.6 Å². The Morgan fingerprint density at radius 3 is 2.32 bits per heavy atom. The number of carbonyl (C=O) groups is 1. The third-order valence-electron chi connectivity index (χ3n) is 11.4. The van der Waals surface area contributed by atoms with E-state index in [-0.39, 0.29) is 67.3 Å². The molecular weight excluding hydrogens is 890 g/mol. The number of anilines is 1. The van der Waals surface area contributed by atoms with Gasteiger partial charge in [-0.25, -0.2) is 39.4 Å². The molecule has 0 radical (unpaired) electrons. The third kappa shape index (κ3) is 7.27. The molecule has 0 aliphatic heterocycles. The highest BCUT2D eigenvalue weighted by Gasteiger charge is 2.67. The second-order valence-corrected chi connectivity index (χ2v) is 20.8. The lowest BCUT2D eigenvalue weighted by molar-refractivity contribution is -0.123. The summed E-state index contributed by atoms with van der Waals surface area (Å²) in [6.45, 7) is 1.83. The van der Waals surface area contributed by atoms with Crippen LogP contribution in [0.15, 0.2) is 53.3 Å². The van der Waals surface area contributed by atoms with Gasteiger partial charge in [0.25, 0.3) is 17.9 Å². The summed E-state index contributed by atoms with van der Waals surface area (Å²) in [7, 11) is -6.31. The first kappa shape index (κ1) is 43.2. The fourth-order valence-electron chi connectivity index (χ4n) is 8.17. The van der Waals surface area contributed by atoms with Gasteiger partial charge in [0.05, 0.1) is 49.6 Å². The monoisotopic (exact) mass is 924 g/mol. The molecule has 1 saturated carbocycles. The molecule has 3 heterocycles. The Balaban J connectivity index is 1.37. The average Bonchev–Trinajstić information content (AvgIpc) is 3.69. The van der Waals surface area contributed by atoms with Crippen molar-refractivity contribution >= 4 is 65.0 Å². The molecule has 2 N–H and O–H groups in total. The van der Waals surface area contributed by atoms with Gasteiger partial charge >= 0.3 is 0 Å². The Morgan fingerprint density at radius 1 is 1.02 bits per heavy atom. The molecule has 3 atom stereocenters. The van der Waals surface area contributed by atoms with E-state index in [9.17, 15) is 44.0 Å². The normalized spacial score (nSPS) is 17.7. The Morgan fingerprint density at radius 2 is 1.69 bits per heavy atom. The summed E-state index contributed by atoms with van der Waals surface area (Å²) in [5.41, 5.74) is -2.85. The number of rotatable bonds is 12. The van der Waals surface area contributed by atoms with Crippen LogP contribution in [-0.2, 0) is 55.3 Å². The number of aromatic nitrogens is 6. The number of alkyl halides is 4. The summed E-state index contributed by atoms with van der Waals surface area (Å²) in [5.74, 6) is -9.40. The molecule has 1 fully saturated rings. The maximum atomic E-state index is 15.5. The first-order chi connectivity index (χ1) is 28.8. The molecule has 3 aromatic carbocycles. The van der Waals surface area contributed by atoms with E-state index in [0.717, 1.165) is 29.2 Å². The summed E-state index contributed by atoms with van der Waals surface area (Å²) in [6.07, 6.45) is -1.90. The summed E-state index contributed by atoms with van der Waals surface area (Å²) in [5, 5.41) is 10.5. The fourth-order valence-corrected chi connectivity index (χ4v) is 9.46. The zero-order valence-corrected chi connectivity index (χ0v) is 35.5. The minimum atomic E-state index is -3.94. The van der Waals surface area contributed by atoms with Crippen LogP contribution in [0.1, 0.15) is 72.6 Å². The topological polar surface area (TPSA) is 180 Å². The maximum absolute atomic E-state index is 15.5. The van der Waals surface area contributed by atoms with Crippen LogP contribution < -0.4 is 15.6 Å². The number of amides is 1. The van der Waals surface area contributed by atoms with Gasteiger partial charge in [0.2, 0.25) is 15.9 Å². The van der Waals surface area contributed by atoms with Crippen molar-refractivity contribution in [3.05, 3.63) is 109 Å². The summed E-state index contributed by atoms with van der Waals surface area (Å²) >= 11 is 6.60. The van der Waals surface area contributed by atoms with Crippen LogP contribution in [0.5, 0.6) is 0 Å². The lowest BCUT2D eigenvalue weighted by Gasteiger charge is -2.25. The van der Waals surface area contributed by atoms with E-state index in [1.807, 2.05) is 0 Å². The van der Waals surface area contributed by atoms with E-state index in [1.165, 1.54) is 55.9 Å². The van der Waals surface area contributed by atoms with E-state index in [4.69, 9.17) is 16.6 Å². The standard InChI is InChI=1S/C39H35ClF6N8O6S2/c1-38(2,61(4,57)58)18-6-7-21-25(13-18)48-36(54(37(21)56)27-9-8-24(40)30-32(27)52(3)50-35(30)51-62(5,59)60)26(12-17-10-19(41)14-20(42)11-17)47-28(55)16-53-33-29(31(49-53)34(43)44)22-15-23(22)39(33,45)46/h6-11,13-14,22-23,26,34H,12,15-16H2,1-5H3,(H,47,55)(H,50,51)/t22-,23+,26?/m0/s1. The molecule has 62 heavy (non-hydrogen) atoms. The van der Waals surface area contributed by atoms with Gasteiger partial charge in [-0.05, 0) is 73.7 Å². The quantitative estimate of drug-likeness (QED) is 0.133. The molecule has 2 aliphatic carbocycles. The van der Waals surface area contributed by atoms with Crippen LogP contribution in [0.3, 0.4) is 0 Å². The van der Waals surface area contributed by atoms with Gasteiger partial charge in [0, 0.05) is 37.3 Å². The van der Waals surface area contributed by atoms with Crippen molar-refractivity contribution in [2.45, 2.75) is 62.3 Å². The van der Waals surface area contributed by atoms with E-state index < -0.39 is 102 Å². The number of carbonyl (C=O) groups excluding carboxylic acids is 1. The molecule has 2 aliphatic rings. The van der Waals surface area contributed by atoms with Gasteiger partial charge in [0.1, 0.15) is 35.4 Å². The van der Waals surface area contributed by atoms with Crippen molar-refractivity contribution in [3.8, 4) is 5.69 Å². The highest BCUT2D eigenvalue weighted by molar-refractivity contribution is 7.92. The predicted octanol–water partition coefficient (Wildman–Crippen LogP) is 6.30. The number of fused-ring (bicyclic) bond motifs is 5. The zero-order chi connectivity index (χ0) is 45.2. The molecule has 0 bridgehead atoms. The largest absolute Gasteiger partial charge is 0.344 e. The second kappa shape index (κ2) is 14.5. The van der Waals surface area contributed by atoms with Crippen molar-refractivity contribution in [1.82, 2.24) is 34.4 Å². The Kier molecular flexibility index (Phi) is 10.1. The minimum absolute atomic E-state index is 0.0107. The maximum Gasteiger partial charge on any atom is 0.293 e. The number of nitrogens with one attached hydrogen (secondary N) is 2. The van der Waals surface area contributed by atoms with Gasteiger partial charge in [0.15, 0.2) is 15.7 Å². The van der Waals surface area contributed by atoms with Crippen LogP contribution in [-0.4, -0.2) is 64.4 Å².